The van der Waals surface area contributed by atoms with E-state index < -0.39 is 12.6 Å². The van der Waals surface area contributed by atoms with Gasteiger partial charge < -0.3 is 9.84 Å². The van der Waals surface area contributed by atoms with E-state index in [1.54, 1.807) is 11.8 Å². The minimum absolute atomic E-state index is 0.0408. The highest BCUT2D eigenvalue weighted by Gasteiger charge is 2.28. The lowest BCUT2D eigenvalue weighted by molar-refractivity contribution is -0.134. The highest BCUT2D eigenvalue weighted by atomic mass is 32.2. The van der Waals surface area contributed by atoms with Crippen molar-refractivity contribution in [3.8, 4) is 0 Å². The Hall–Kier alpha value is -0.760. The monoisotopic (exact) mass is 267 g/mol. The van der Waals surface area contributed by atoms with E-state index in [1.165, 1.54) is 0 Å². The van der Waals surface area contributed by atoms with Gasteiger partial charge in [0.15, 0.2) is 5.82 Å². The van der Waals surface area contributed by atoms with E-state index in [2.05, 4.69) is 15.5 Å². The van der Waals surface area contributed by atoms with Crippen molar-refractivity contribution in [2.75, 3.05) is 18.1 Å². The molecule has 2 heterocycles. The zero-order chi connectivity index (χ0) is 12.3. The topological polar surface area (TPSA) is 51.0 Å². The summed E-state index contributed by atoms with van der Waals surface area (Å²) in [5, 5.41) is 6.74. The molecular formula is C9H12F3N3OS. The average Bonchev–Trinajstić information content (AvgIpc) is 2.75. The molecule has 0 spiro atoms. The Bertz CT molecular complexity index is 363. The van der Waals surface area contributed by atoms with Crippen molar-refractivity contribution >= 4 is 11.8 Å². The van der Waals surface area contributed by atoms with Crippen LogP contribution < -0.4 is 5.32 Å². The lowest BCUT2D eigenvalue weighted by Crippen LogP contribution is -2.30. The fourth-order valence-corrected chi connectivity index (χ4v) is 2.41. The molecule has 2 rings (SSSR count). The van der Waals surface area contributed by atoms with E-state index in [9.17, 15) is 13.2 Å². The fraction of sp³-hybridized carbons (Fsp3) is 0.778. The SMILES string of the molecule is FC(F)(F)CCc1noc(C2CSCCN2)n1. The van der Waals surface area contributed by atoms with Crippen molar-refractivity contribution in [3.63, 3.8) is 0 Å². The molecule has 1 aromatic rings. The van der Waals surface area contributed by atoms with Gasteiger partial charge in [-0.25, -0.2) is 0 Å². The molecular weight excluding hydrogens is 255 g/mol. The molecule has 0 aromatic carbocycles. The van der Waals surface area contributed by atoms with Crippen LogP contribution in [-0.4, -0.2) is 34.4 Å². The molecule has 0 amide bonds. The summed E-state index contributed by atoms with van der Waals surface area (Å²) in [6, 6.07) is -0.0408. The molecule has 4 nitrogen and oxygen atoms in total. The van der Waals surface area contributed by atoms with Crippen molar-refractivity contribution < 1.29 is 17.7 Å². The molecule has 1 aromatic heterocycles. The molecule has 0 bridgehead atoms. The van der Waals surface area contributed by atoms with Crippen LogP contribution in [0.15, 0.2) is 4.52 Å². The normalized spacial score (nSPS) is 21.7. The van der Waals surface area contributed by atoms with Crippen LogP contribution in [0.1, 0.15) is 24.2 Å². The average molecular weight is 267 g/mol. The molecule has 96 valence electrons. The van der Waals surface area contributed by atoms with Crippen LogP contribution in [0.5, 0.6) is 0 Å². The third-order valence-electron chi connectivity index (χ3n) is 2.34. The van der Waals surface area contributed by atoms with Gasteiger partial charge in [-0.2, -0.15) is 29.9 Å². The molecule has 1 unspecified atom stereocenters. The Balaban J connectivity index is 1.91. The molecule has 1 aliphatic heterocycles. The molecule has 17 heavy (non-hydrogen) atoms. The van der Waals surface area contributed by atoms with Gasteiger partial charge in [-0.3, -0.25) is 0 Å². The first kappa shape index (κ1) is 12.7. The van der Waals surface area contributed by atoms with Crippen molar-refractivity contribution in [3.05, 3.63) is 11.7 Å². The summed E-state index contributed by atoms with van der Waals surface area (Å²) in [5.41, 5.74) is 0. The van der Waals surface area contributed by atoms with Crippen molar-refractivity contribution in [2.24, 2.45) is 0 Å². The van der Waals surface area contributed by atoms with Gasteiger partial charge >= 0.3 is 6.18 Å². The molecule has 1 aliphatic rings. The van der Waals surface area contributed by atoms with Gasteiger partial charge in [-0.05, 0) is 0 Å². The summed E-state index contributed by atoms with van der Waals surface area (Å²) in [5.74, 6) is 2.33. The number of aromatic nitrogens is 2. The number of alkyl halides is 3. The Morgan fingerprint density at radius 1 is 1.47 bits per heavy atom. The summed E-state index contributed by atoms with van der Waals surface area (Å²) >= 11 is 1.75. The second-order valence-electron chi connectivity index (χ2n) is 3.75. The van der Waals surface area contributed by atoms with Crippen molar-refractivity contribution in [1.82, 2.24) is 15.5 Å². The predicted octanol–water partition coefficient (Wildman–Crippen LogP) is 1.94. The standard InChI is InChI=1S/C9H12F3N3OS/c10-9(11,12)2-1-7-14-8(16-15-7)6-5-17-4-3-13-6/h6,13H,1-5H2. The van der Waals surface area contributed by atoms with Crippen LogP contribution in [-0.2, 0) is 6.42 Å². The molecule has 1 fully saturated rings. The number of nitrogens with one attached hydrogen (secondary N) is 1. The summed E-state index contributed by atoms with van der Waals surface area (Å²) in [6.45, 7) is 0.843. The van der Waals surface area contributed by atoms with Crippen LogP contribution in [0.25, 0.3) is 0 Å². The van der Waals surface area contributed by atoms with Crippen LogP contribution in [0.3, 0.4) is 0 Å². The lowest BCUT2D eigenvalue weighted by Gasteiger charge is -2.19. The first-order valence-electron chi connectivity index (χ1n) is 5.25. The Morgan fingerprint density at radius 3 is 2.94 bits per heavy atom. The van der Waals surface area contributed by atoms with Gasteiger partial charge in [-0.1, -0.05) is 5.16 Å². The number of aryl methyl sites for hydroxylation is 1. The molecule has 0 saturated carbocycles. The van der Waals surface area contributed by atoms with Crippen LogP contribution in [0.2, 0.25) is 0 Å². The van der Waals surface area contributed by atoms with Gasteiger partial charge in [-0.15, -0.1) is 0 Å². The zero-order valence-electron chi connectivity index (χ0n) is 8.96. The number of thioether (sulfide) groups is 1. The van der Waals surface area contributed by atoms with Crippen LogP contribution >= 0.6 is 11.8 Å². The maximum atomic E-state index is 12.0. The van der Waals surface area contributed by atoms with E-state index in [0.717, 1.165) is 18.1 Å². The Morgan fingerprint density at radius 2 is 2.29 bits per heavy atom. The first-order chi connectivity index (χ1) is 8.04. The van der Waals surface area contributed by atoms with Crippen LogP contribution in [0.4, 0.5) is 13.2 Å². The fourth-order valence-electron chi connectivity index (χ4n) is 1.49. The maximum absolute atomic E-state index is 12.0. The first-order valence-corrected chi connectivity index (χ1v) is 6.40. The van der Waals surface area contributed by atoms with Gasteiger partial charge in [0.1, 0.15) is 0 Å². The van der Waals surface area contributed by atoms with Gasteiger partial charge in [0.2, 0.25) is 5.89 Å². The van der Waals surface area contributed by atoms with Crippen molar-refractivity contribution in [1.29, 1.82) is 0 Å². The molecule has 1 saturated heterocycles. The number of rotatable bonds is 3. The summed E-state index contributed by atoms with van der Waals surface area (Å²) in [6.07, 6.45) is -5.33. The maximum Gasteiger partial charge on any atom is 0.389 e. The molecule has 1 N–H and O–H groups in total. The molecule has 0 aliphatic carbocycles. The second-order valence-corrected chi connectivity index (χ2v) is 4.90. The van der Waals surface area contributed by atoms with E-state index in [-0.39, 0.29) is 18.3 Å². The van der Waals surface area contributed by atoms with E-state index in [0.29, 0.717) is 5.89 Å². The third-order valence-corrected chi connectivity index (χ3v) is 3.40. The number of hydrogen-bond acceptors (Lipinski definition) is 5. The smallest absolute Gasteiger partial charge is 0.338 e. The molecule has 0 radical (unpaired) electrons. The van der Waals surface area contributed by atoms with Gasteiger partial charge in [0.25, 0.3) is 0 Å². The second kappa shape index (κ2) is 5.26. The lowest BCUT2D eigenvalue weighted by atomic mass is 10.3. The Labute approximate surface area is 100 Å². The number of hydrogen-bond donors (Lipinski definition) is 1. The molecule has 1 atom stereocenters. The van der Waals surface area contributed by atoms with E-state index in [4.69, 9.17) is 4.52 Å². The number of halogens is 3. The highest BCUT2D eigenvalue weighted by molar-refractivity contribution is 7.99. The van der Waals surface area contributed by atoms with Crippen molar-refractivity contribution in [2.45, 2.75) is 25.1 Å². The molecule has 8 heteroatoms. The largest absolute Gasteiger partial charge is 0.389 e. The van der Waals surface area contributed by atoms with Gasteiger partial charge in [0.05, 0.1) is 12.5 Å². The minimum Gasteiger partial charge on any atom is -0.338 e. The van der Waals surface area contributed by atoms with E-state index >= 15 is 0 Å². The predicted molar refractivity (Wildman–Crippen MR) is 56.7 cm³/mol. The van der Waals surface area contributed by atoms with Crippen LogP contribution in [0, 0.1) is 0 Å². The number of nitrogens with zero attached hydrogens (tertiary/aromatic N) is 2. The van der Waals surface area contributed by atoms with Gasteiger partial charge in [0, 0.05) is 24.5 Å². The Kier molecular flexibility index (Phi) is 3.93. The highest BCUT2D eigenvalue weighted by Crippen LogP contribution is 2.23. The quantitative estimate of drug-likeness (QED) is 0.907. The minimum atomic E-state index is -4.18. The van der Waals surface area contributed by atoms with E-state index in [1.807, 2.05) is 0 Å². The summed E-state index contributed by atoms with van der Waals surface area (Å²) in [4.78, 5) is 3.98. The zero-order valence-corrected chi connectivity index (χ0v) is 9.77. The third kappa shape index (κ3) is 3.88. The summed E-state index contributed by atoms with van der Waals surface area (Å²) in [7, 11) is 0. The summed E-state index contributed by atoms with van der Waals surface area (Å²) < 4.78 is 41.0.